The van der Waals surface area contributed by atoms with Crippen molar-refractivity contribution in [3.05, 3.63) is 12.5 Å². The molecule has 0 spiro atoms. The molecule has 6 heteroatoms. The van der Waals surface area contributed by atoms with Gasteiger partial charge in [-0.25, -0.2) is 9.97 Å². The molecule has 2 aliphatic rings. The number of H-pyrrole nitrogens is 1. The highest BCUT2D eigenvalue weighted by molar-refractivity contribution is 5.86. The highest BCUT2D eigenvalue weighted by atomic mass is 16.5. The van der Waals surface area contributed by atoms with Gasteiger partial charge in [0.05, 0.1) is 11.6 Å². The zero-order chi connectivity index (χ0) is 12.7. The van der Waals surface area contributed by atoms with E-state index in [0.29, 0.717) is 0 Å². The topological polar surface area (TPSA) is 66.9 Å². The fraction of sp³-hybridized carbons (Fsp3) is 0.615. The zero-order valence-corrected chi connectivity index (χ0v) is 10.7. The number of anilines is 1. The van der Waals surface area contributed by atoms with Crippen LogP contribution in [0.4, 0.5) is 5.82 Å². The summed E-state index contributed by atoms with van der Waals surface area (Å²) in [4.78, 5) is 11.0. The third-order valence-electron chi connectivity index (χ3n) is 4.38. The van der Waals surface area contributed by atoms with Crippen molar-refractivity contribution in [3.8, 4) is 0 Å². The van der Waals surface area contributed by atoms with E-state index in [1.165, 1.54) is 12.8 Å². The first-order valence-corrected chi connectivity index (χ1v) is 6.88. The highest BCUT2D eigenvalue weighted by Gasteiger charge is 2.32. The Bertz CT molecular complexity index is 577. The van der Waals surface area contributed by atoms with E-state index < -0.39 is 0 Å². The standard InChI is InChI=1S/C13H17N5O/c1-3-18(6-9(1)10-2-4-19-7-10)13-11-5-16-17-12(11)14-8-15-13/h5,8-10H,1-4,6-7H2,(H,14,15,16,17). The smallest absolute Gasteiger partial charge is 0.160 e. The lowest BCUT2D eigenvalue weighted by atomic mass is 9.91. The summed E-state index contributed by atoms with van der Waals surface area (Å²) >= 11 is 0. The summed E-state index contributed by atoms with van der Waals surface area (Å²) in [5, 5.41) is 7.98. The summed E-state index contributed by atoms with van der Waals surface area (Å²) in [5.41, 5.74) is 0.817. The van der Waals surface area contributed by atoms with E-state index in [4.69, 9.17) is 4.74 Å². The molecule has 4 heterocycles. The van der Waals surface area contributed by atoms with Crippen LogP contribution in [-0.2, 0) is 4.74 Å². The Morgan fingerprint density at radius 3 is 3.16 bits per heavy atom. The minimum absolute atomic E-state index is 0.728. The predicted molar refractivity (Wildman–Crippen MR) is 70.9 cm³/mol. The Balaban J connectivity index is 1.58. The molecule has 2 fully saturated rings. The largest absolute Gasteiger partial charge is 0.381 e. The minimum Gasteiger partial charge on any atom is -0.381 e. The molecule has 6 nitrogen and oxygen atoms in total. The first-order chi connectivity index (χ1) is 9.42. The van der Waals surface area contributed by atoms with Crippen LogP contribution in [0.2, 0.25) is 0 Å². The number of ether oxygens (including phenoxy) is 1. The van der Waals surface area contributed by atoms with Gasteiger partial charge in [0.15, 0.2) is 5.65 Å². The summed E-state index contributed by atoms with van der Waals surface area (Å²) in [5.74, 6) is 2.48. The van der Waals surface area contributed by atoms with E-state index in [1.54, 1.807) is 6.33 Å². The molecule has 0 saturated carbocycles. The molecule has 2 aliphatic heterocycles. The molecule has 2 aromatic rings. The highest BCUT2D eigenvalue weighted by Crippen LogP contribution is 2.33. The Hall–Kier alpha value is -1.69. The van der Waals surface area contributed by atoms with E-state index >= 15 is 0 Å². The van der Waals surface area contributed by atoms with Crippen molar-refractivity contribution < 1.29 is 4.74 Å². The fourth-order valence-electron chi connectivity index (χ4n) is 3.29. The summed E-state index contributed by atoms with van der Waals surface area (Å²) in [7, 11) is 0. The second-order valence-electron chi connectivity index (χ2n) is 5.45. The summed E-state index contributed by atoms with van der Waals surface area (Å²) < 4.78 is 5.51. The molecular formula is C13H17N5O. The molecular weight excluding hydrogens is 242 g/mol. The van der Waals surface area contributed by atoms with Gasteiger partial charge in [0.1, 0.15) is 12.1 Å². The van der Waals surface area contributed by atoms with Crippen molar-refractivity contribution in [2.24, 2.45) is 11.8 Å². The molecule has 1 N–H and O–H groups in total. The lowest BCUT2D eigenvalue weighted by molar-refractivity contribution is 0.174. The van der Waals surface area contributed by atoms with Crippen molar-refractivity contribution in [2.75, 3.05) is 31.2 Å². The van der Waals surface area contributed by atoms with Crippen LogP contribution in [-0.4, -0.2) is 46.5 Å². The number of aromatic nitrogens is 4. The van der Waals surface area contributed by atoms with E-state index in [2.05, 4.69) is 25.1 Å². The molecule has 2 saturated heterocycles. The Morgan fingerprint density at radius 2 is 2.26 bits per heavy atom. The molecule has 0 amide bonds. The monoisotopic (exact) mass is 259 g/mol. The van der Waals surface area contributed by atoms with Crippen LogP contribution in [0.15, 0.2) is 12.5 Å². The molecule has 2 unspecified atom stereocenters. The van der Waals surface area contributed by atoms with Gasteiger partial charge >= 0.3 is 0 Å². The molecule has 2 aromatic heterocycles. The summed E-state index contributed by atoms with van der Waals surface area (Å²) in [6, 6.07) is 0. The van der Waals surface area contributed by atoms with Gasteiger partial charge in [-0.3, -0.25) is 5.10 Å². The second kappa shape index (κ2) is 4.45. The van der Waals surface area contributed by atoms with E-state index in [9.17, 15) is 0 Å². The molecule has 0 radical (unpaired) electrons. The van der Waals surface area contributed by atoms with Crippen molar-refractivity contribution in [1.29, 1.82) is 0 Å². The zero-order valence-electron chi connectivity index (χ0n) is 10.7. The van der Waals surface area contributed by atoms with Gasteiger partial charge in [0.25, 0.3) is 0 Å². The van der Waals surface area contributed by atoms with Crippen molar-refractivity contribution in [1.82, 2.24) is 20.2 Å². The van der Waals surface area contributed by atoms with Crippen molar-refractivity contribution >= 4 is 16.9 Å². The normalized spacial score (nSPS) is 27.5. The minimum atomic E-state index is 0.728. The number of nitrogens with one attached hydrogen (secondary N) is 1. The van der Waals surface area contributed by atoms with Crippen molar-refractivity contribution in [3.63, 3.8) is 0 Å². The first-order valence-electron chi connectivity index (χ1n) is 6.88. The second-order valence-corrected chi connectivity index (χ2v) is 5.45. The van der Waals surface area contributed by atoms with Gasteiger partial charge in [-0.2, -0.15) is 5.10 Å². The molecule has 100 valence electrons. The number of rotatable bonds is 2. The lowest BCUT2D eigenvalue weighted by Crippen LogP contribution is -2.24. The lowest BCUT2D eigenvalue weighted by Gasteiger charge is -2.20. The van der Waals surface area contributed by atoms with Crippen molar-refractivity contribution in [2.45, 2.75) is 12.8 Å². The van der Waals surface area contributed by atoms with Crippen LogP contribution in [0, 0.1) is 11.8 Å². The van der Waals surface area contributed by atoms with Crippen LogP contribution in [0.1, 0.15) is 12.8 Å². The predicted octanol–water partition coefficient (Wildman–Crippen LogP) is 1.22. The molecule has 0 aliphatic carbocycles. The number of fused-ring (bicyclic) bond motifs is 1. The van der Waals surface area contributed by atoms with Crippen LogP contribution in [0.3, 0.4) is 0 Å². The molecule has 2 atom stereocenters. The van der Waals surface area contributed by atoms with E-state index in [-0.39, 0.29) is 0 Å². The summed E-state index contributed by atoms with van der Waals surface area (Å²) in [6.07, 6.45) is 5.87. The average Bonchev–Trinajstić information content (AvgIpc) is 3.18. The van der Waals surface area contributed by atoms with Gasteiger partial charge in [-0.15, -0.1) is 0 Å². The first kappa shape index (κ1) is 11.2. The molecule has 0 bridgehead atoms. The summed E-state index contributed by atoms with van der Waals surface area (Å²) in [6.45, 7) is 4.01. The SMILES string of the molecule is c1nc(N2CCC(C3CCOC3)C2)c2cn[nH]c2n1. The molecule has 19 heavy (non-hydrogen) atoms. The van der Waals surface area contributed by atoms with Gasteiger partial charge < -0.3 is 9.64 Å². The van der Waals surface area contributed by atoms with Gasteiger partial charge in [-0.05, 0) is 24.7 Å². The van der Waals surface area contributed by atoms with Crippen LogP contribution in [0.25, 0.3) is 11.0 Å². The number of hydrogen-bond donors (Lipinski definition) is 1. The van der Waals surface area contributed by atoms with Crippen LogP contribution in [0.5, 0.6) is 0 Å². The fourth-order valence-corrected chi connectivity index (χ4v) is 3.29. The number of nitrogens with zero attached hydrogens (tertiary/aromatic N) is 4. The maximum atomic E-state index is 5.51. The number of hydrogen-bond acceptors (Lipinski definition) is 5. The molecule has 0 aromatic carbocycles. The maximum absolute atomic E-state index is 5.51. The van der Waals surface area contributed by atoms with Crippen LogP contribution < -0.4 is 4.90 Å². The van der Waals surface area contributed by atoms with E-state index in [1.807, 2.05) is 6.20 Å². The average molecular weight is 259 g/mol. The van der Waals surface area contributed by atoms with Crippen LogP contribution >= 0.6 is 0 Å². The Kier molecular flexibility index (Phi) is 2.61. The van der Waals surface area contributed by atoms with Gasteiger partial charge in [0, 0.05) is 26.3 Å². The van der Waals surface area contributed by atoms with Gasteiger partial charge in [-0.1, -0.05) is 0 Å². The Labute approximate surface area is 111 Å². The maximum Gasteiger partial charge on any atom is 0.160 e. The number of aromatic amines is 1. The van der Waals surface area contributed by atoms with E-state index in [0.717, 1.165) is 55.0 Å². The Morgan fingerprint density at radius 1 is 1.26 bits per heavy atom. The third kappa shape index (κ3) is 1.87. The quantitative estimate of drug-likeness (QED) is 0.878. The third-order valence-corrected chi connectivity index (χ3v) is 4.38. The molecule has 4 rings (SSSR count). The van der Waals surface area contributed by atoms with Gasteiger partial charge in [0.2, 0.25) is 0 Å².